The van der Waals surface area contributed by atoms with Crippen LogP contribution >= 0.6 is 0 Å². The summed E-state index contributed by atoms with van der Waals surface area (Å²) in [5.74, 6) is 0.689. The van der Waals surface area contributed by atoms with Crippen LogP contribution in [0.15, 0.2) is 24.3 Å². The number of nitrogens with two attached hydrogens (primary N) is 1. The van der Waals surface area contributed by atoms with E-state index in [-0.39, 0.29) is 5.41 Å². The number of alkyl halides is 3. The second-order valence-corrected chi connectivity index (χ2v) is 5.74. The van der Waals surface area contributed by atoms with Crippen LogP contribution in [0.4, 0.5) is 13.2 Å². The molecule has 0 spiro atoms. The van der Waals surface area contributed by atoms with Gasteiger partial charge >= 0.3 is 6.18 Å². The van der Waals surface area contributed by atoms with E-state index in [4.69, 9.17) is 5.73 Å². The van der Waals surface area contributed by atoms with E-state index in [2.05, 4.69) is 6.92 Å². The average molecular weight is 271 g/mol. The lowest BCUT2D eigenvalue weighted by Gasteiger charge is -2.39. The molecule has 0 unspecified atom stereocenters. The molecule has 0 saturated heterocycles. The number of halogens is 3. The predicted octanol–water partition coefficient (Wildman–Crippen LogP) is 4.11. The first-order chi connectivity index (χ1) is 8.87. The molecular formula is C15H20F3N. The highest BCUT2D eigenvalue weighted by Crippen LogP contribution is 2.41. The molecule has 1 nitrogen and oxygen atoms in total. The van der Waals surface area contributed by atoms with Crippen molar-refractivity contribution in [2.75, 3.05) is 6.54 Å². The van der Waals surface area contributed by atoms with Crippen LogP contribution in [0.1, 0.15) is 43.7 Å². The molecule has 0 radical (unpaired) electrons. The zero-order chi connectivity index (χ0) is 14.1. The zero-order valence-electron chi connectivity index (χ0n) is 11.1. The highest BCUT2D eigenvalue weighted by Gasteiger charge is 2.36. The molecule has 0 atom stereocenters. The lowest BCUT2D eigenvalue weighted by molar-refractivity contribution is -0.137. The first kappa shape index (κ1) is 14.4. The van der Waals surface area contributed by atoms with Gasteiger partial charge in [0.1, 0.15) is 0 Å². The van der Waals surface area contributed by atoms with E-state index in [1.54, 1.807) is 12.1 Å². The molecule has 0 aromatic heterocycles. The van der Waals surface area contributed by atoms with E-state index in [0.29, 0.717) is 12.5 Å². The fraction of sp³-hybridized carbons (Fsp3) is 0.600. The molecule has 1 saturated carbocycles. The van der Waals surface area contributed by atoms with E-state index in [9.17, 15) is 13.2 Å². The Morgan fingerprint density at radius 3 is 2.11 bits per heavy atom. The van der Waals surface area contributed by atoms with E-state index < -0.39 is 11.7 Å². The van der Waals surface area contributed by atoms with Crippen LogP contribution in [0.5, 0.6) is 0 Å². The van der Waals surface area contributed by atoms with Crippen molar-refractivity contribution in [2.24, 2.45) is 11.7 Å². The van der Waals surface area contributed by atoms with Crippen LogP contribution in [-0.4, -0.2) is 6.54 Å². The van der Waals surface area contributed by atoms with Gasteiger partial charge in [0.25, 0.3) is 0 Å². The van der Waals surface area contributed by atoms with Crippen molar-refractivity contribution in [2.45, 2.75) is 44.2 Å². The molecule has 0 aliphatic heterocycles. The summed E-state index contributed by atoms with van der Waals surface area (Å²) in [6.45, 7) is 2.72. The highest BCUT2D eigenvalue weighted by atomic mass is 19.4. The lowest BCUT2D eigenvalue weighted by Crippen LogP contribution is -2.38. The Labute approximate surface area is 112 Å². The molecule has 106 valence electrons. The van der Waals surface area contributed by atoms with Crippen LogP contribution in [0, 0.1) is 5.92 Å². The Balaban J connectivity index is 2.25. The average Bonchev–Trinajstić information content (AvgIpc) is 2.39. The third-order valence-electron chi connectivity index (χ3n) is 4.45. The van der Waals surface area contributed by atoms with Crippen LogP contribution in [0.2, 0.25) is 0 Å². The van der Waals surface area contributed by atoms with Crippen molar-refractivity contribution >= 4 is 0 Å². The van der Waals surface area contributed by atoms with Gasteiger partial charge in [-0.05, 0) is 49.3 Å². The summed E-state index contributed by atoms with van der Waals surface area (Å²) in [6.07, 6.45) is -0.141. The van der Waals surface area contributed by atoms with Crippen molar-refractivity contribution in [1.82, 2.24) is 0 Å². The monoisotopic (exact) mass is 271 g/mol. The van der Waals surface area contributed by atoms with Gasteiger partial charge in [0.15, 0.2) is 0 Å². The zero-order valence-corrected chi connectivity index (χ0v) is 11.1. The van der Waals surface area contributed by atoms with Gasteiger partial charge in [0.05, 0.1) is 5.56 Å². The molecule has 4 heteroatoms. The minimum Gasteiger partial charge on any atom is -0.330 e. The van der Waals surface area contributed by atoms with Gasteiger partial charge in [-0.2, -0.15) is 13.2 Å². The predicted molar refractivity (Wildman–Crippen MR) is 69.8 cm³/mol. The van der Waals surface area contributed by atoms with E-state index in [1.165, 1.54) is 12.1 Å². The molecule has 1 fully saturated rings. The van der Waals surface area contributed by atoms with E-state index >= 15 is 0 Å². The first-order valence-corrected chi connectivity index (χ1v) is 6.75. The smallest absolute Gasteiger partial charge is 0.330 e. The molecule has 1 aromatic rings. The van der Waals surface area contributed by atoms with Crippen molar-refractivity contribution in [3.05, 3.63) is 35.4 Å². The van der Waals surface area contributed by atoms with E-state index in [0.717, 1.165) is 31.2 Å². The highest BCUT2D eigenvalue weighted by molar-refractivity contribution is 5.31. The maximum absolute atomic E-state index is 12.6. The molecule has 2 N–H and O–H groups in total. The van der Waals surface area contributed by atoms with Crippen molar-refractivity contribution in [3.8, 4) is 0 Å². The number of benzene rings is 1. The summed E-state index contributed by atoms with van der Waals surface area (Å²) in [5.41, 5.74) is 6.15. The first-order valence-electron chi connectivity index (χ1n) is 6.75. The molecule has 1 aromatic carbocycles. The summed E-state index contributed by atoms with van der Waals surface area (Å²) in [4.78, 5) is 0. The maximum atomic E-state index is 12.6. The van der Waals surface area contributed by atoms with Gasteiger partial charge in [-0.25, -0.2) is 0 Å². The summed E-state index contributed by atoms with van der Waals surface area (Å²) >= 11 is 0. The Morgan fingerprint density at radius 1 is 1.16 bits per heavy atom. The maximum Gasteiger partial charge on any atom is 0.416 e. The normalized spacial score (nSPS) is 28.4. The Kier molecular flexibility index (Phi) is 3.90. The van der Waals surface area contributed by atoms with Crippen molar-refractivity contribution < 1.29 is 13.2 Å². The molecule has 0 bridgehead atoms. The fourth-order valence-electron chi connectivity index (χ4n) is 2.94. The van der Waals surface area contributed by atoms with Crippen LogP contribution in [0.3, 0.4) is 0 Å². The summed E-state index contributed by atoms with van der Waals surface area (Å²) in [6, 6.07) is 5.55. The molecule has 1 aliphatic carbocycles. The van der Waals surface area contributed by atoms with E-state index in [1.807, 2.05) is 0 Å². The molecular weight excluding hydrogens is 251 g/mol. The van der Waals surface area contributed by atoms with Gasteiger partial charge in [0, 0.05) is 12.0 Å². The topological polar surface area (TPSA) is 26.0 Å². The standard InChI is InChI=1S/C15H20F3N/c1-11-6-8-14(10-19,9-7-11)12-2-4-13(5-3-12)15(16,17)18/h2-5,11H,6-10,19H2,1H3. The Hall–Kier alpha value is -1.03. The van der Waals surface area contributed by atoms with Gasteiger partial charge in [-0.15, -0.1) is 0 Å². The second-order valence-electron chi connectivity index (χ2n) is 5.74. The molecule has 2 rings (SSSR count). The summed E-state index contributed by atoms with van der Waals surface area (Å²) < 4.78 is 37.7. The van der Waals surface area contributed by atoms with Crippen LogP contribution in [0.25, 0.3) is 0 Å². The van der Waals surface area contributed by atoms with Crippen molar-refractivity contribution in [1.29, 1.82) is 0 Å². The van der Waals surface area contributed by atoms with Crippen LogP contribution < -0.4 is 5.73 Å². The van der Waals surface area contributed by atoms with Gasteiger partial charge in [-0.1, -0.05) is 19.1 Å². The van der Waals surface area contributed by atoms with Gasteiger partial charge in [-0.3, -0.25) is 0 Å². The molecule has 1 aliphatic rings. The molecule has 0 amide bonds. The quantitative estimate of drug-likeness (QED) is 0.860. The van der Waals surface area contributed by atoms with Gasteiger partial charge in [0.2, 0.25) is 0 Å². The minimum atomic E-state index is -4.27. The number of hydrogen-bond donors (Lipinski definition) is 1. The van der Waals surface area contributed by atoms with Crippen molar-refractivity contribution in [3.63, 3.8) is 0 Å². The number of hydrogen-bond acceptors (Lipinski definition) is 1. The largest absolute Gasteiger partial charge is 0.416 e. The SMILES string of the molecule is CC1CCC(CN)(c2ccc(C(F)(F)F)cc2)CC1. The third-order valence-corrected chi connectivity index (χ3v) is 4.45. The lowest BCUT2D eigenvalue weighted by atomic mass is 9.67. The Bertz CT molecular complexity index is 414. The Morgan fingerprint density at radius 2 is 1.68 bits per heavy atom. The van der Waals surface area contributed by atoms with Crippen LogP contribution in [-0.2, 0) is 11.6 Å². The van der Waals surface area contributed by atoms with Gasteiger partial charge < -0.3 is 5.73 Å². The second kappa shape index (κ2) is 5.16. The minimum absolute atomic E-state index is 0.128. The fourth-order valence-corrected chi connectivity index (χ4v) is 2.94. The third kappa shape index (κ3) is 2.94. The molecule has 0 heterocycles. The summed E-state index contributed by atoms with van der Waals surface area (Å²) in [5, 5.41) is 0. The number of rotatable bonds is 2. The molecule has 19 heavy (non-hydrogen) atoms. The summed E-state index contributed by atoms with van der Waals surface area (Å²) in [7, 11) is 0.